The Labute approximate surface area is 158 Å². The van der Waals surface area contributed by atoms with E-state index in [4.69, 9.17) is 4.42 Å². The molecule has 130 valence electrons. The molecular formula is C19H15N3O2S2. The third-order valence-electron chi connectivity index (χ3n) is 3.88. The number of nitrogens with zero attached hydrogens (tertiary/aromatic N) is 3. The Bertz CT molecular complexity index is 1020. The first-order valence-electron chi connectivity index (χ1n) is 7.99. The lowest BCUT2D eigenvalue weighted by molar-refractivity contribution is 0.102. The Morgan fingerprint density at radius 1 is 1.15 bits per heavy atom. The zero-order chi connectivity index (χ0) is 17.9. The molecule has 1 aromatic carbocycles. The lowest BCUT2D eigenvalue weighted by Crippen LogP contribution is -2.03. The maximum Gasteiger partial charge on any atom is 0.196 e. The molecule has 4 rings (SSSR count). The number of Topliss-reactive ketones (excluding diaryl/α,β-unsaturated/α-hetero) is 1. The highest BCUT2D eigenvalue weighted by Crippen LogP contribution is 2.30. The molecule has 0 fully saturated rings. The van der Waals surface area contributed by atoms with E-state index in [2.05, 4.69) is 10.2 Å². The zero-order valence-electron chi connectivity index (χ0n) is 14.0. The number of rotatable bonds is 6. The van der Waals surface area contributed by atoms with E-state index in [0.717, 1.165) is 21.9 Å². The molecule has 0 aliphatic carbocycles. The first kappa shape index (κ1) is 16.8. The van der Waals surface area contributed by atoms with Crippen LogP contribution >= 0.6 is 23.1 Å². The van der Waals surface area contributed by atoms with Crippen LogP contribution in [-0.4, -0.2) is 26.3 Å². The van der Waals surface area contributed by atoms with Gasteiger partial charge in [0, 0.05) is 5.69 Å². The van der Waals surface area contributed by atoms with Gasteiger partial charge in [0.2, 0.25) is 0 Å². The van der Waals surface area contributed by atoms with Crippen molar-refractivity contribution in [1.29, 1.82) is 0 Å². The second-order valence-electron chi connectivity index (χ2n) is 5.56. The van der Waals surface area contributed by atoms with Crippen LogP contribution in [0.15, 0.2) is 69.7 Å². The minimum Gasteiger partial charge on any atom is -0.469 e. The lowest BCUT2D eigenvalue weighted by atomic mass is 10.2. The van der Waals surface area contributed by atoms with Crippen molar-refractivity contribution < 1.29 is 9.21 Å². The minimum absolute atomic E-state index is 0.0913. The molecule has 0 aliphatic heterocycles. The molecule has 0 saturated heterocycles. The van der Waals surface area contributed by atoms with E-state index in [9.17, 15) is 4.79 Å². The molecule has 0 radical (unpaired) electrons. The number of thioether (sulfide) groups is 1. The van der Waals surface area contributed by atoms with Gasteiger partial charge >= 0.3 is 0 Å². The molecule has 0 amide bonds. The van der Waals surface area contributed by atoms with Crippen molar-refractivity contribution in [2.24, 2.45) is 0 Å². The van der Waals surface area contributed by atoms with Crippen LogP contribution < -0.4 is 0 Å². The summed E-state index contributed by atoms with van der Waals surface area (Å²) < 4.78 is 7.39. The molecule has 0 unspecified atom stereocenters. The van der Waals surface area contributed by atoms with Crippen molar-refractivity contribution in [2.75, 3.05) is 5.75 Å². The summed E-state index contributed by atoms with van der Waals surface area (Å²) in [5.41, 5.74) is 1.83. The smallest absolute Gasteiger partial charge is 0.196 e. The van der Waals surface area contributed by atoms with Crippen LogP contribution in [0.5, 0.6) is 0 Å². The third-order valence-corrected chi connectivity index (χ3v) is 5.72. The number of aromatic nitrogens is 3. The number of furan rings is 1. The molecule has 0 saturated carbocycles. The highest BCUT2D eigenvalue weighted by Gasteiger charge is 2.20. The summed E-state index contributed by atoms with van der Waals surface area (Å²) in [4.78, 5) is 13.1. The maximum absolute atomic E-state index is 12.3. The number of hydrogen-bond acceptors (Lipinski definition) is 6. The largest absolute Gasteiger partial charge is 0.469 e. The summed E-state index contributed by atoms with van der Waals surface area (Å²) in [7, 11) is 0. The highest BCUT2D eigenvalue weighted by molar-refractivity contribution is 7.99. The van der Waals surface area contributed by atoms with E-state index in [1.807, 2.05) is 65.4 Å². The number of hydrogen-bond donors (Lipinski definition) is 0. The standard InChI is InChI=1S/C19H15N3O2S2/c1-13-15(9-10-24-13)18-20-21-19(22(18)14-6-3-2-4-7-14)26-12-16(23)17-8-5-11-25-17/h2-11H,12H2,1H3. The molecular weight excluding hydrogens is 366 g/mol. The van der Waals surface area contributed by atoms with E-state index < -0.39 is 0 Å². The van der Waals surface area contributed by atoms with Crippen molar-refractivity contribution in [2.45, 2.75) is 12.1 Å². The first-order chi connectivity index (χ1) is 12.7. The van der Waals surface area contributed by atoms with Gasteiger partial charge < -0.3 is 4.42 Å². The normalized spacial score (nSPS) is 11.0. The van der Waals surface area contributed by atoms with Crippen LogP contribution in [0.25, 0.3) is 17.1 Å². The molecule has 26 heavy (non-hydrogen) atoms. The van der Waals surface area contributed by atoms with Gasteiger partial charge in [0.1, 0.15) is 5.76 Å². The highest BCUT2D eigenvalue weighted by atomic mass is 32.2. The fraction of sp³-hybridized carbons (Fsp3) is 0.105. The van der Waals surface area contributed by atoms with E-state index in [1.54, 1.807) is 6.26 Å². The predicted octanol–water partition coefficient (Wildman–Crippen LogP) is 4.87. The Balaban J connectivity index is 1.70. The third kappa shape index (κ3) is 3.23. The van der Waals surface area contributed by atoms with Crippen LogP contribution in [-0.2, 0) is 0 Å². The number of thiophene rings is 1. The molecule has 3 aromatic heterocycles. The van der Waals surface area contributed by atoms with E-state index in [0.29, 0.717) is 16.7 Å². The average Bonchev–Trinajstić information content (AvgIpc) is 3.41. The van der Waals surface area contributed by atoms with Crippen LogP contribution in [0, 0.1) is 6.92 Å². The van der Waals surface area contributed by atoms with Crippen molar-refractivity contribution in [3.8, 4) is 17.1 Å². The molecule has 0 spiro atoms. The van der Waals surface area contributed by atoms with Gasteiger partial charge in [-0.2, -0.15) is 0 Å². The summed E-state index contributed by atoms with van der Waals surface area (Å²) in [6.45, 7) is 1.90. The van der Waals surface area contributed by atoms with Gasteiger partial charge in [0.25, 0.3) is 0 Å². The minimum atomic E-state index is 0.0913. The number of para-hydroxylation sites is 1. The Morgan fingerprint density at radius 3 is 2.69 bits per heavy atom. The molecule has 7 heteroatoms. The van der Waals surface area contributed by atoms with Crippen molar-refractivity contribution in [3.05, 3.63) is 70.8 Å². The number of benzene rings is 1. The SMILES string of the molecule is Cc1occc1-c1nnc(SCC(=O)c2cccs2)n1-c1ccccc1. The quantitative estimate of drug-likeness (QED) is 0.352. The molecule has 5 nitrogen and oxygen atoms in total. The van der Waals surface area contributed by atoms with Crippen LogP contribution in [0.1, 0.15) is 15.4 Å². The number of aryl methyl sites for hydroxylation is 1. The fourth-order valence-corrected chi connectivity index (χ4v) is 4.19. The second-order valence-corrected chi connectivity index (χ2v) is 7.45. The Hall–Kier alpha value is -2.64. The van der Waals surface area contributed by atoms with E-state index >= 15 is 0 Å². The topological polar surface area (TPSA) is 60.9 Å². The van der Waals surface area contributed by atoms with E-state index in [1.165, 1.54) is 23.1 Å². The summed E-state index contributed by atoms with van der Waals surface area (Å²) in [6, 6.07) is 15.5. The van der Waals surface area contributed by atoms with Crippen LogP contribution in [0.4, 0.5) is 0 Å². The van der Waals surface area contributed by atoms with Crippen LogP contribution in [0.3, 0.4) is 0 Å². The lowest BCUT2D eigenvalue weighted by Gasteiger charge is -2.09. The summed E-state index contributed by atoms with van der Waals surface area (Å²) >= 11 is 2.84. The van der Waals surface area contributed by atoms with Gasteiger partial charge in [0.15, 0.2) is 16.8 Å². The van der Waals surface area contributed by atoms with Gasteiger partial charge in [-0.05, 0) is 36.6 Å². The van der Waals surface area contributed by atoms with Gasteiger partial charge in [-0.15, -0.1) is 21.5 Å². The molecule has 3 heterocycles. The van der Waals surface area contributed by atoms with Gasteiger partial charge in [-0.25, -0.2) is 0 Å². The molecule has 0 N–H and O–H groups in total. The van der Waals surface area contributed by atoms with Crippen LogP contribution in [0.2, 0.25) is 0 Å². The van der Waals surface area contributed by atoms with E-state index in [-0.39, 0.29) is 5.78 Å². The monoisotopic (exact) mass is 381 g/mol. The average molecular weight is 381 g/mol. The number of carbonyl (C=O) groups excluding carboxylic acids is 1. The molecule has 0 aliphatic rings. The summed E-state index contributed by atoms with van der Waals surface area (Å²) in [5, 5.41) is 11.3. The number of carbonyl (C=O) groups is 1. The van der Waals surface area contributed by atoms with Crippen molar-refractivity contribution in [1.82, 2.24) is 14.8 Å². The fourth-order valence-electron chi connectivity index (χ4n) is 2.60. The van der Waals surface area contributed by atoms with Gasteiger partial charge in [-0.3, -0.25) is 9.36 Å². The van der Waals surface area contributed by atoms with Crippen molar-refractivity contribution in [3.63, 3.8) is 0 Å². The van der Waals surface area contributed by atoms with Gasteiger partial charge in [-0.1, -0.05) is 36.0 Å². The van der Waals surface area contributed by atoms with Crippen molar-refractivity contribution >= 4 is 28.9 Å². The molecule has 4 aromatic rings. The maximum atomic E-state index is 12.3. The molecule has 0 bridgehead atoms. The summed E-state index contributed by atoms with van der Waals surface area (Å²) in [5.74, 6) is 1.89. The predicted molar refractivity (Wildman–Crippen MR) is 103 cm³/mol. The first-order valence-corrected chi connectivity index (χ1v) is 9.85. The number of ketones is 1. The summed E-state index contributed by atoms with van der Waals surface area (Å²) in [6.07, 6.45) is 1.64. The zero-order valence-corrected chi connectivity index (χ0v) is 15.6. The second kappa shape index (κ2) is 7.31. The Kier molecular flexibility index (Phi) is 4.73. The Morgan fingerprint density at radius 2 is 2.00 bits per heavy atom. The van der Waals surface area contributed by atoms with Gasteiger partial charge in [0.05, 0.1) is 22.5 Å². The molecule has 0 atom stereocenters.